The molecule has 0 radical (unpaired) electrons. The standard InChI is InChI=1S/C23H22N2O2/c1-15-4-10-20(11-5-15)24-22(26)18-6-8-19(9-7-18)23(27)25-21-13-16(2)12-17(3)14-21/h4-14H,1-3H3,(H,24,26)(H,25,27). The third-order valence-electron chi connectivity index (χ3n) is 4.20. The summed E-state index contributed by atoms with van der Waals surface area (Å²) in [5, 5.41) is 5.74. The number of carbonyl (C=O) groups excluding carboxylic acids is 2. The summed E-state index contributed by atoms with van der Waals surface area (Å²) in [6.45, 7) is 5.97. The Hall–Kier alpha value is -3.40. The van der Waals surface area contributed by atoms with Gasteiger partial charge >= 0.3 is 0 Å². The van der Waals surface area contributed by atoms with E-state index in [1.54, 1.807) is 24.3 Å². The highest BCUT2D eigenvalue weighted by molar-refractivity contribution is 6.07. The number of carbonyl (C=O) groups is 2. The van der Waals surface area contributed by atoms with Crippen molar-refractivity contribution in [3.63, 3.8) is 0 Å². The Kier molecular flexibility index (Phi) is 5.36. The van der Waals surface area contributed by atoms with Gasteiger partial charge in [0.1, 0.15) is 0 Å². The van der Waals surface area contributed by atoms with Crippen LogP contribution in [0.3, 0.4) is 0 Å². The Balaban J connectivity index is 1.67. The topological polar surface area (TPSA) is 58.2 Å². The quantitative estimate of drug-likeness (QED) is 0.680. The number of nitrogens with one attached hydrogen (secondary N) is 2. The highest BCUT2D eigenvalue weighted by atomic mass is 16.2. The highest BCUT2D eigenvalue weighted by Crippen LogP contribution is 2.16. The normalized spacial score (nSPS) is 10.3. The van der Waals surface area contributed by atoms with Crippen molar-refractivity contribution in [3.8, 4) is 0 Å². The van der Waals surface area contributed by atoms with E-state index in [1.807, 2.05) is 57.2 Å². The fraction of sp³-hybridized carbons (Fsp3) is 0.130. The lowest BCUT2D eigenvalue weighted by Crippen LogP contribution is -2.14. The summed E-state index contributed by atoms with van der Waals surface area (Å²) >= 11 is 0. The van der Waals surface area contributed by atoms with Gasteiger partial charge in [0.25, 0.3) is 11.8 Å². The van der Waals surface area contributed by atoms with Crippen LogP contribution in [0.25, 0.3) is 0 Å². The molecule has 0 saturated heterocycles. The van der Waals surface area contributed by atoms with Crippen LogP contribution in [0.1, 0.15) is 37.4 Å². The number of hydrogen-bond donors (Lipinski definition) is 2. The number of amides is 2. The third-order valence-corrected chi connectivity index (χ3v) is 4.20. The van der Waals surface area contributed by atoms with E-state index in [9.17, 15) is 9.59 Å². The molecule has 2 N–H and O–H groups in total. The van der Waals surface area contributed by atoms with Gasteiger partial charge in [-0.3, -0.25) is 9.59 Å². The Morgan fingerprint density at radius 1 is 0.556 bits per heavy atom. The van der Waals surface area contributed by atoms with Gasteiger partial charge in [-0.15, -0.1) is 0 Å². The molecular formula is C23H22N2O2. The van der Waals surface area contributed by atoms with Gasteiger partial charge < -0.3 is 10.6 Å². The van der Waals surface area contributed by atoms with Crippen molar-refractivity contribution in [1.82, 2.24) is 0 Å². The zero-order valence-electron chi connectivity index (χ0n) is 15.7. The predicted octanol–water partition coefficient (Wildman–Crippen LogP) is 5.12. The van der Waals surface area contributed by atoms with Gasteiger partial charge in [-0.2, -0.15) is 0 Å². The largest absolute Gasteiger partial charge is 0.322 e. The Labute approximate surface area is 159 Å². The van der Waals surface area contributed by atoms with Crippen LogP contribution in [0.2, 0.25) is 0 Å². The molecule has 0 aliphatic heterocycles. The molecule has 0 bridgehead atoms. The summed E-state index contributed by atoms with van der Waals surface area (Å²) < 4.78 is 0. The molecule has 3 rings (SSSR count). The highest BCUT2D eigenvalue weighted by Gasteiger charge is 2.10. The van der Waals surface area contributed by atoms with E-state index in [2.05, 4.69) is 16.7 Å². The van der Waals surface area contributed by atoms with Gasteiger partial charge in [-0.05, 0) is 80.4 Å². The molecule has 0 fully saturated rings. The second-order valence-electron chi connectivity index (χ2n) is 6.73. The first-order chi connectivity index (χ1) is 12.9. The number of anilines is 2. The SMILES string of the molecule is Cc1ccc(NC(=O)c2ccc(C(=O)Nc3cc(C)cc(C)c3)cc2)cc1. The maximum Gasteiger partial charge on any atom is 0.255 e. The maximum atomic E-state index is 12.4. The number of benzene rings is 3. The minimum atomic E-state index is -0.208. The molecule has 4 heteroatoms. The predicted molar refractivity (Wildman–Crippen MR) is 109 cm³/mol. The van der Waals surface area contributed by atoms with E-state index < -0.39 is 0 Å². The van der Waals surface area contributed by atoms with E-state index in [1.165, 1.54) is 0 Å². The lowest BCUT2D eigenvalue weighted by molar-refractivity contribution is 0.101. The van der Waals surface area contributed by atoms with Crippen LogP contribution in [0, 0.1) is 20.8 Å². The van der Waals surface area contributed by atoms with Gasteiger partial charge in [0.05, 0.1) is 0 Å². The fourth-order valence-corrected chi connectivity index (χ4v) is 2.86. The zero-order chi connectivity index (χ0) is 19.4. The second kappa shape index (κ2) is 7.87. The minimum Gasteiger partial charge on any atom is -0.322 e. The summed E-state index contributed by atoms with van der Waals surface area (Å²) in [6, 6.07) is 20.1. The second-order valence-corrected chi connectivity index (χ2v) is 6.73. The number of aryl methyl sites for hydroxylation is 3. The molecule has 3 aromatic carbocycles. The Morgan fingerprint density at radius 3 is 1.48 bits per heavy atom. The lowest BCUT2D eigenvalue weighted by Gasteiger charge is -2.09. The molecule has 0 spiro atoms. The van der Waals surface area contributed by atoms with Gasteiger partial charge in [-0.1, -0.05) is 23.8 Å². The summed E-state index contributed by atoms with van der Waals surface area (Å²) in [6.07, 6.45) is 0. The first kappa shape index (κ1) is 18.4. The molecule has 0 saturated carbocycles. The number of hydrogen-bond acceptors (Lipinski definition) is 2. The monoisotopic (exact) mass is 358 g/mol. The van der Waals surface area contributed by atoms with Gasteiger partial charge in [0.2, 0.25) is 0 Å². The van der Waals surface area contributed by atoms with Crippen molar-refractivity contribution in [2.45, 2.75) is 20.8 Å². The average molecular weight is 358 g/mol. The van der Waals surface area contributed by atoms with Crippen LogP contribution in [0.4, 0.5) is 11.4 Å². The first-order valence-corrected chi connectivity index (χ1v) is 8.78. The van der Waals surface area contributed by atoms with E-state index in [-0.39, 0.29) is 11.8 Å². The molecule has 0 atom stereocenters. The summed E-state index contributed by atoms with van der Waals surface area (Å²) in [5.74, 6) is -0.411. The van der Waals surface area contributed by atoms with Gasteiger partial charge in [0.15, 0.2) is 0 Å². The van der Waals surface area contributed by atoms with E-state index in [0.29, 0.717) is 11.1 Å². The van der Waals surface area contributed by atoms with Crippen LogP contribution in [-0.4, -0.2) is 11.8 Å². The van der Waals surface area contributed by atoms with Crippen molar-refractivity contribution in [3.05, 3.63) is 94.5 Å². The zero-order valence-corrected chi connectivity index (χ0v) is 15.7. The summed E-state index contributed by atoms with van der Waals surface area (Å²) in [4.78, 5) is 24.8. The molecule has 4 nitrogen and oxygen atoms in total. The molecule has 136 valence electrons. The van der Waals surface area contributed by atoms with Crippen LogP contribution >= 0.6 is 0 Å². The van der Waals surface area contributed by atoms with E-state index in [4.69, 9.17) is 0 Å². The van der Waals surface area contributed by atoms with Crippen molar-refractivity contribution in [2.24, 2.45) is 0 Å². The average Bonchev–Trinajstić information content (AvgIpc) is 2.63. The van der Waals surface area contributed by atoms with E-state index >= 15 is 0 Å². The van der Waals surface area contributed by atoms with Crippen LogP contribution in [-0.2, 0) is 0 Å². The maximum absolute atomic E-state index is 12.4. The van der Waals surface area contributed by atoms with Crippen LogP contribution < -0.4 is 10.6 Å². The summed E-state index contributed by atoms with van der Waals surface area (Å²) in [5.41, 5.74) is 5.81. The smallest absolute Gasteiger partial charge is 0.255 e. The lowest BCUT2D eigenvalue weighted by atomic mass is 10.1. The van der Waals surface area contributed by atoms with Crippen molar-refractivity contribution in [2.75, 3.05) is 10.6 Å². The molecule has 0 aliphatic rings. The molecule has 0 unspecified atom stereocenters. The molecule has 0 heterocycles. The Bertz CT molecular complexity index is 954. The Morgan fingerprint density at radius 2 is 1.00 bits per heavy atom. The van der Waals surface area contributed by atoms with Crippen LogP contribution in [0.15, 0.2) is 66.7 Å². The van der Waals surface area contributed by atoms with Crippen molar-refractivity contribution in [1.29, 1.82) is 0 Å². The molecule has 2 amide bonds. The summed E-state index contributed by atoms with van der Waals surface area (Å²) in [7, 11) is 0. The molecule has 3 aromatic rings. The van der Waals surface area contributed by atoms with Crippen molar-refractivity contribution < 1.29 is 9.59 Å². The molecule has 0 aliphatic carbocycles. The molecule has 0 aromatic heterocycles. The third kappa shape index (κ3) is 4.82. The van der Waals surface area contributed by atoms with E-state index in [0.717, 1.165) is 28.1 Å². The van der Waals surface area contributed by atoms with Crippen LogP contribution in [0.5, 0.6) is 0 Å². The van der Waals surface area contributed by atoms with Crippen molar-refractivity contribution >= 4 is 23.2 Å². The first-order valence-electron chi connectivity index (χ1n) is 8.78. The molecular weight excluding hydrogens is 336 g/mol. The fourth-order valence-electron chi connectivity index (χ4n) is 2.86. The molecule has 27 heavy (non-hydrogen) atoms. The number of rotatable bonds is 4. The van der Waals surface area contributed by atoms with Gasteiger partial charge in [0, 0.05) is 22.5 Å². The minimum absolute atomic E-state index is 0.203. The van der Waals surface area contributed by atoms with Gasteiger partial charge in [-0.25, -0.2) is 0 Å².